The van der Waals surface area contributed by atoms with Crippen LogP contribution in [0.5, 0.6) is 0 Å². The van der Waals surface area contributed by atoms with Crippen LogP contribution >= 0.6 is 11.6 Å². The summed E-state index contributed by atoms with van der Waals surface area (Å²) in [5.74, 6) is -2.69. The third-order valence-corrected chi connectivity index (χ3v) is 2.83. The summed E-state index contributed by atoms with van der Waals surface area (Å²) in [6.07, 6.45) is 0. The van der Waals surface area contributed by atoms with E-state index in [0.29, 0.717) is 10.7 Å². The molecule has 1 saturated heterocycles. The molecule has 0 aliphatic carbocycles. The van der Waals surface area contributed by atoms with Crippen molar-refractivity contribution >= 4 is 35.1 Å². The van der Waals surface area contributed by atoms with Crippen LogP contribution in [0.4, 0.5) is 10.5 Å². The second-order valence-electron chi connectivity index (χ2n) is 3.77. The molecule has 18 heavy (non-hydrogen) atoms. The van der Waals surface area contributed by atoms with Gasteiger partial charge in [0.15, 0.2) is 0 Å². The highest BCUT2D eigenvalue weighted by molar-refractivity contribution is 6.30. The average Bonchev–Trinajstić information content (AvgIpc) is 2.30. The summed E-state index contributed by atoms with van der Waals surface area (Å²) in [6.45, 7) is -0.0991. The molecule has 4 amide bonds. The van der Waals surface area contributed by atoms with Crippen molar-refractivity contribution in [3.63, 3.8) is 0 Å². The number of carbonyl (C=O) groups is 3. The molecule has 1 aliphatic heterocycles. The Morgan fingerprint density at radius 2 is 1.94 bits per heavy atom. The minimum atomic E-state index is -1.10. The van der Waals surface area contributed by atoms with Crippen molar-refractivity contribution in [1.82, 2.24) is 5.32 Å². The van der Waals surface area contributed by atoms with Gasteiger partial charge in [-0.1, -0.05) is 11.6 Å². The molecule has 0 aromatic heterocycles. The summed E-state index contributed by atoms with van der Waals surface area (Å²) in [7, 11) is 0. The van der Waals surface area contributed by atoms with Crippen molar-refractivity contribution in [2.45, 2.75) is 0 Å². The molecule has 1 fully saturated rings. The molecule has 7 heteroatoms. The van der Waals surface area contributed by atoms with Crippen LogP contribution in [0.2, 0.25) is 5.02 Å². The van der Waals surface area contributed by atoms with Crippen molar-refractivity contribution in [3.8, 4) is 0 Å². The van der Waals surface area contributed by atoms with Crippen LogP contribution in [0.1, 0.15) is 0 Å². The van der Waals surface area contributed by atoms with Gasteiger partial charge in [0.1, 0.15) is 5.92 Å². The van der Waals surface area contributed by atoms with Crippen LogP contribution < -0.4 is 16.0 Å². The lowest BCUT2D eigenvalue weighted by Gasteiger charge is -2.29. The number of benzene rings is 1. The molecule has 0 spiro atoms. The number of hydrogen-bond acceptors (Lipinski definition) is 3. The number of imide groups is 1. The Balaban J connectivity index is 2.27. The molecule has 1 aromatic rings. The summed E-state index contributed by atoms with van der Waals surface area (Å²) >= 11 is 5.73. The average molecular weight is 267 g/mol. The topological polar surface area (TPSA) is 94.6 Å². The van der Waals surface area contributed by atoms with Crippen LogP contribution in [0, 0.1) is 5.92 Å². The summed E-state index contributed by atoms with van der Waals surface area (Å²) in [4.78, 5) is 35.3. The second-order valence-corrected chi connectivity index (χ2v) is 4.21. The number of amides is 4. The first-order valence-corrected chi connectivity index (χ1v) is 5.49. The van der Waals surface area contributed by atoms with E-state index in [9.17, 15) is 14.4 Å². The van der Waals surface area contributed by atoms with Gasteiger partial charge in [-0.3, -0.25) is 14.5 Å². The van der Waals surface area contributed by atoms with E-state index in [1.165, 1.54) is 4.90 Å². The monoisotopic (exact) mass is 266 g/mol. The fourth-order valence-electron chi connectivity index (χ4n) is 1.62. The molecular weight excluding hydrogens is 258 g/mol. The standard InChI is InChI=1S/C11H9ClN3O3/c12-6-1-3-7(4-2-6)15-5-8(9(13)16)10(17)14-11(15)18/h1-4,8H,5H2,(H2,13,16). The van der Waals surface area contributed by atoms with Gasteiger partial charge in [-0.15, -0.1) is 0 Å². The fourth-order valence-corrected chi connectivity index (χ4v) is 1.75. The molecular formula is C11H9ClN3O3. The highest BCUT2D eigenvalue weighted by Gasteiger charge is 2.37. The number of carbonyl (C=O) groups excluding carboxylic acids is 3. The zero-order chi connectivity index (χ0) is 13.3. The third-order valence-electron chi connectivity index (χ3n) is 2.58. The third kappa shape index (κ3) is 2.28. The van der Waals surface area contributed by atoms with Gasteiger partial charge in [0.2, 0.25) is 5.91 Å². The summed E-state index contributed by atoms with van der Waals surface area (Å²) < 4.78 is 0. The smallest absolute Gasteiger partial charge is 0.351 e. The quantitative estimate of drug-likeness (QED) is 0.790. The molecule has 0 saturated carbocycles. The lowest BCUT2D eigenvalue weighted by Crippen LogP contribution is -2.54. The number of hydrogen-bond donors (Lipinski definition) is 1. The number of nitrogens with zero attached hydrogens (tertiary/aromatic N) is 2. The van der Waals surface area contributed by atoms with Gasteiger partial charge in [-0.25, -0.2) is 4.79 Å². The van der Waals surface area contributed by atoms with Crippen LogP contribution in [0.25, 0.3) is 0 Å². The van der Waals surface area contributed by atoms with Crippen molar-refractivity contribution in [2.75, 3.05) is 11.4 Å². The first-order valence-electron chi connectivity index (χ1n) is 5.11. The highest BCUT2D eigenvalue weighted by Crippen LogP contribution is 2.21. The SMILES string of the molecule is NC(=O)C1CN(c2ccc(Cl)cc2)C(=O)[N]C1=O. The molecule has 2 rings (SSSR count). The predicted molar refractivity (Wildman–Crippen MR) is 64.0 cm³/mol. The van der Waals surface area contributed by atoms with E-state index < -0.39 is 23.8 Å². The Kier molecular flexibility index (Phi) is 3.20. The first kappa shape index (κ1) is 12.4. The van der Waals surface area contributed by atoms with E-state index in [1.807, 2.05) is 0 Å². The summed E-state index contributed by atoms with van der Waals surface area (Å²) in [5.41, 5.74) is 5.60. The van der Waals surface area contributed by atoms with Crippen LogP contribution in [0.3, 0.4) is 0 Å². The number of halogens is 1. The van der Waals surface area contributed by atoms with Gasteiger partial charge in [0.05, 0.1) is 0 Å². The maximum absolute atomic E-state index is 11.6. The maximum atomic E-state index is 11.6. The van der Waals surface area contributed by atoms with Crippen LogP contribution in [-0.2, 0) is 9.59 Å². The Labute approximate surface area is 108 Å². The first-order chi connectivity index (χ1) is 8.49. The minimum Gasteiger partial charge on any atom is -0.369 e. The Hall–Kier alpha value is -2.08. The molecule has 1 aliphatic rings. The number of nitrogens with two attached hydrogens (primary N) is 1. The molecule has 0 bridgehead atoms. The van der Waals surface area contributed by atoms with Gasteiger partial charge in [0, 0.05) is 17.3 Å². The summed E-state index contributed by atoms with van der Waals surface area (Å²) in [6, 6.07) is 5.69. The van der Waals surface area contributed by atoms with E-state index in [0.717, 1.165) is 0 Å². The number of rotatable bonds is 2. The largest absolute Gasteiger partial charge is 0.369 e. The zero-order valence-electron chi connectivity index (χ0n) is 9.17. The van der Waals surface area contributed by atoms with E-state index in [2.05, 4.69) is 5.32 Å². The minimum absolute atomic E-state index is 0.0991. The predicted octanol–water partition coefficient (Wildman–Crippen LogP) is 0.512. The van der Waals surface area contributed by atoms with E-state index >= 15 is 0 Å². The van der Waals surface area contributed by atoms with Crippen molar-refractivity contribution in [3.05, 3.63) is 29.3 Å². The van der Waals surface area contributed by atoms with Gasteiger partial charge in [0.25, 0.3) is 5.91 Å². The Morgan fingerprint density at radius 3 is 2.50 bits per heavy atom. The van der Waals surface area contributed by atoms with Crippen LogP contribution in [0.15, 0.2) is 24.3 Å². The lowest BCUT2D eigenvalue weighted by molar-refractivity contribution is -0.133. The van der Waals surface area contributed by atoms with Gasteiger partial charge in [-0.05, 0) is 24.3 Å². The molecule has 1 heterocycles. The van der Waals surface area contributed by atoms with Crippen molar-refractivity contribution < 1.29 is 14.4 Å². The molecule has 2 N–H and O–H groups in total. The highest BCUT2D eigenvalue weighted by atomic mass is 35.5. The molecule has 6 nitrogen and oxygen atoms in total. The van der Waals surface area contributed by atoms with E-state index in [-0.39, 0.29) is 6.54 Å². The van der Waals surface area contributed by atoms with Crippen LogP contribution in [-0.4, -0.2) is 24.4 Å². The normalized spacial score (nSPS) is 19.6. The molecule has 1 radical (unpaired) electrons. The molecule has 1 aromatic carbocycles. The zero-order valence-corrected chi connectivity index (χ0v) is 9.92. The van der Waals surface area contributed by atoms with Gasteiger partial charge >= 0.3 is 6.03 Å². The summed E-state index contributed by atoms with van der Waals surface area (Å²) in [5, 5.41) is 3.80. The van der Waals surface area contributed by atoms with Gasteiger partial charge < -0.3 is 5.73 Å². The fraction of sp³-hybridized carbons (Fsp3) is 0.182. The molecule has 93 valence electrons. The molecule has 1 unspecified atom stereocenters. The number of anilines is 1. The van der Waals surface area contributed by atoms with Crippen molar-refractivity contribution in [2.24, 2.45) is 11.7 Å². The van der Waals surface area contributed by atoms with E-state index in [4.69, 9.17) is 17.3 Å². The molecule has 1 atom stereocenters. The van der Waals surface area contributed by atoms with Crippen molar-refractivity contribution in [1.29, 1.82) is 0 Å². The second kappa shape index (κ2) is 4.66. The maximum Gasteiger partial charge on any atom is 0.351 e. The number of urea groups is 1. The number of primary amides is 1. The Bertz CT molecular complexity index is 515. The van der Waals surface area contributed by atoms with Gasteiger partial charge in [-0.2, -0.15) is 5.32 Å². The Morgan fingerprint density at radius 1 is 1.33 bits per heavy atom. The van der Waals surface area contributed by atoms with E-state index in [1.54, 1.807) is 24.3 Å². The lowest BCUT2D eigenvalue weighted by atomic mass is 10.1.